The van der Waals surface area contributed by atoms with Crippen molar-refractivity contribution >= 4 is 52.6 Å². The van der Waals surface area contributed by atoms with Crippen LogP contribution in [0, 0.1) is 27.7 Å². The number of hydrogen-bond acceptors (Lipinski definition) is 12. The van der Waals surface area contributed by atoms with Crippen LogP contribution in [0.3, 0.4) is 0 Å². The van der Waals surface area contributed by atoms with Gasteiger partial charge in [0.05, 0.1) is 25.0 Å². The Morgan fingerprint density at radius 1 is 0.375 bits per heavy atom. The molecule has 0 bridgehead atoms. The molecule has 0 aliphatic rings. The molecule has 0 aromatic heterocycles. The molecule has 0 saturated heterocycles. The average molecular weight is 1120 g/mol. The van der Waals surface area contributed by atoms with Gasteiger partial charge in [0.25, 0.3) is 0 Å². The first kappa shape index (κ1) is 60.8. The molecular formula is C44H44F12O12S4. The minimum atomic E-state index is -5.95. The lowest BCUT2D eigenvalue weighted by atomic mass is 9.71. The summed E-state index contributed by atoms with van der Waals surface area (Å²) in [5, 5.41) is 0. The minimum Gasteiger partial charge on any atom is -0.382 e. The molecule has 0 atom stereocenters. The zero-order chi connectivity index (χ0) is 55.8. The van der Waals surface area contributed by atoms with E-state index in [0.29, 0.717) is 85.7 Å². The molecule has 0 aliphatic heterocycles. The largest absolute Gasteiger partial charge is 0.411 e. The van der Waals surface area contributed by atoms with Crippen LogP contribution in [0.1, 0.15) is 69.5 Å². The fourth-order valence-electron chi connectivity index (χ4n) is 7.52. The lowest BCUT2D eigenvalue weighted by molar-refractivity contribution is -0.290. The van der Waals surface area contributed by atoms with Crippen LogP contribution in [0.25, 0.3) is 12.2 Å². The van der Waals surface area contributed by atoms with Crippen molar-refractivity contribution in [1.82, 2.24) is 0 Å². The maximum absolute atomic E-state index is 14.6. The lowest BCUT2D eigenvalue weighted by Gasteiger charge is -2.39. The van der Waals surface area contributed by atoms with E-state index in [1.807, 2.05) is 0 Å². The first-order valence-electron chi connectivity index (χ1n) is 19.9. The molecule has 4 aromatic carbocycles. The molecule has 12 nitrogen and oxygen atoms in total. The summed E-state index contributed by atoms with van der Waals surface area (Å²) < 4.78 is 286. The van der Waals surface area contributed by atoms with Gasteiger partial charge >= 0.3 is 65.2 Å². The van der Waals surface area contributed by atoms with E-state index in [2.05, 4.69) is 0 Å². The van der Waals surface area contributed by atoms with Gasteiger partial charge in [-0.1, -0.05) is 60.7 Å². The summed E-state index contributed by atoms with van der Waals surface area (Å²) in [6.07, 6.45) is -16.3. The van der Waals surface area contributed by atoms with Crippen molar-refractivity contribution in [3.8, 4) is 23.0 Å². The van der Waals surface area contributed by atoms with Gasteiger partial charge < -0.3 is 16.7 Å². The predicted octanol–water partition coefficient (Wildman–Crippen LogP) is 10.8. The molecule has 0 amide bonds. The third kappa shape index (κ3) is 13.6. The topological polar surface area (TPSA) is 173 Å². The third-order valence-electron chi connectivity index (χ3n) is 10.0. The van der Waals surface area contributed by atoms with E-state index in [9.17, 15) is 86.4 Å². The Morgan fingerprint density at radius 3 is 0.819 bits per heavy atom. The van der Waals surface area contributed by atoms with Gasteiger partial charge in [-0.05, 0) is 110 Å². The van der Waals surface area contributed by atoms with E-state index < -0.39 is 121 Å². The maximum atomic E-state index is 14.6. The van der Waals surface area contributed by atoms with Crippen LogP contribution in [0.5, 0.6) is 23.0 Å². The van der Waals surface area contributed by atoms with Crippen LogP contribution in [0.2, 0.25) is 0 Å². The molecule has 0 aliphatic carbocycles. The summed E-state index contributed by atoms with van der Waals surface area (Å²) in [6, 6.07) is 5.71. The van der Waals surface area contributed by atoms with Gasteiger partial charge in [0.1, 0.15) is 23.0 Å². The number of benzene rings is 4. The van der Waals surface area contributed by atoms with E-state index >= 15 is 0 Å². The Kier molecular flexibility index (Phi) is 17.6. The van der Waals surface area contributed by atoms with Gasteiger partial charge in [-0.2, -0.15) is 86.4 Å². The van der Waals surface area contributed by atoms with Crippen molar-refractivity contribution in [2.75, 3.05) is 25.0 Å². The monoisotopic (exact) mass is 1120 g/mol. The zero-order valence-electron chi connectivity index (χ0n) is 39.2. The van der Waals surface area contributed by atoms with Crippen molar-refractivity contribution in [3.05, 3.63) is 128 Å². The molecule has 400 valence electrons. The summed E-state index contributed by atoms with van der Waals surface area (Å²) in [7, 11) is -16.5. The molecule has 0 spiro atoms. The van der Waals surface area contributed by atoms with Gasteiger partial charge in [-0.15, -0.1) is 0 Å². The first-order chi connectivity index (χ1) is 32.3. The standard InChI is InChI=1S/C23H22F6O6S2.C21H22F6O6S2/c1-5-7-15-13-17(9-11-19(15)34-36(3,30)31)21(22(24,25)26,23(27,28)29)18-10-12-20(35-37(4,32)33)16(14-18)8-6-2;1-11-7-15(8-12(2)17(11)32-34(5,28)29)19(20(22,23)24,21(25,26)27)16-9-13(3)18(14(4)10-16)33-35(6,30)31/h5-14H,1-4H3;7-10H,1-6H3. The van der Waals surface area contributed by atoms with Crippen molar-refractivity contribution in [2.24, 2.45) is 0 Å². The molecule has 0 heterocycles. The average Bonchev–Trinajstić information content (AvgIpc) is 3.13. The maximum Gasteiger partial charge on any atom is 0.411 e. The second kappa shape index (κ2) is 20.8. The van der Waals surface area contributed by atoms with Gasteiger partial charge in [-0.25, -0.2) is 0 Å². The minimum absolute atomic E-state index is 0.270. The van der Waals surface area contributed by atoms with E-state index in [-0.39, 0.29) is 33.4 Å². The number of alkyl halides is 12. The number of hydrogen-bond donors (Lipinski definition) is 0. The summed E-state index contributed by atoms with van der Waals surface area (Å²) >= 11 is 0. The van der Waals surface area contributed by atoms with Gasteiger partial charge in [0.2, 0.25) is 10.8 Å². The molecule has 0 radical (unpaired) electrons. The summed E-state index contributed by atoms with van der Waals surface area (Å²) in [4.78, 5) is 0. The highest BCUT2D eigenvalue weighted by molar-refractivity contribution is 7.87. The summed E-state index contributed by atoms with van der Waals surface area (Å²) in [5.41, 5.74) is -15.9. The number of rotatable bonds is 14. The Bertz CT molecular complexity index is 2950. The van der Waals surface area contributed by atoms with E-state index in [1.54, 1.807) is 0 Å². The molecule has 4 aromatic rings. The van der Waals surface area contributed by atoms with E-state index in [1.165, 1.54) is 26.0 Å². The second-order valence-corrected chi connectivity index (χ2v) is 22.3. The molecule has 0 fully saturated rings. The highest BCUT2D eigenvalue weighted by Crippen LogP contribution is 2.59. The van der Waals surface area contributed by atoms with E-state index in [4.69, 9.17) is 16.7 Å². The second-order valence-electron chi connectivity index (χ2n) is 16.0. The van der Waals surface area contributed by atoms with E-state index in [0.717, 1.165) is 39.8 Å². The van der Waals surface area contributed by atoms with Crippen LogP contribution in [-0.4, -0.2) is 83.4 Å². The Labute approximate surface area is 407 Å². The third-order valence-corrected chi connectivity index (χ3v) is 11.9. The highest BCUT2D eigenvalue weighted by Gasteiger charge is 2.74. The van der Waals surface area contributed by atoms with Crippen molar-refractivity contribution in [1.29, 1.82) is 0 Å². The quantitative estimate of drug-likeness (QED) is 0.0865. The SMILES string of the molecule is CC=Cc1cc(C(c2ccc(OS(C)(=O)=O)c(C=CC)c2)(C(F)(F)F)C(F)(F)F)ccc1OS(C)(=O)=O.Cc1cc(C(c2cc(C)c(OS(C)(=O)=O)c(C)c2)(C(F)(F)F)C(F)(F)F)cc(C)c1OS(C)(=O)=O. The Hall–Kier alpha value is -5.48. The molecule has 0 N–H and O–H groups in total. The predicted molar refractivity (Wildman–Crippen MR) is 242 cm³/mol. The molecule has 72 heavy (non-hydrogen) atoms. The summed E-state index contributed by atoms with van der Waals surface area (Å²) in [5.74, 6) is -1.74. The fraction of sp³-hybridized carbons (Fsp3) is 0.364. The van der Waals surface area contributed by atoms with Crippen molar-refractivity contribution in [2.45, 2.75) is 77.1 Å². The fourth-order valence-corrected chi connectivity index (χ4v) is 9.61. The smallest absolute Gasteiger partial charge is 0.382 e. The summed E-state index contributed by atoms with van der Waals surface area (Å²) in [6.45, 7) is 7.31. The number of allylic oxidation sites excluding steroid dienone is 2. The van der Waals surface area contributed by atoms with Crippen LogP contribution in [0.4, 0.5) is 52.7 Å². The van der Waals surface area contributed by atoms with Crippen molar-refractivity contribution < 1.29 is 103 Å². The number of halogens is 12. The molecule has 4 rings (SSSR count). The molecular weight excluding hydrogens is 1080 g/mol. The zero-order valence-corrected chi connectivity index (χ0v) is 42.4. The molecule has 0 unspecified atom stereocenters. The number of aryl methyl sites for hydroxylation is 4. The highest BCUT2D eigenvalue weighted by atomic mass is 32.2. The van der Waals surface area contributed by atoms with Crippen molar-refractivity contribution in [3.63, 3.8) is 0 Å². The normalized spacial score (nSPS) is 13.8. The van der Waals surface area contributed by atoms with Crippen LogP contribution in [0.15, 0.2) is 72.8 Å². The molecule has 0 saturated carbocycles. The first-order valence-corrected chi connectivity index (χ1v) is 27.2. The lowest BCUT2D eigenvalue weighted by Crippen LogP contribution is -2.55. The van der Waals surface area contributed by atoms with Crippen LogP contribution in [-0.2, 0) is 51.3 Å². The Balaban J connectivity index is 0.000000381. The van der Waals surface area contributed by atoms with Gasteiger partial charge in [0, 0.05) is 11.1 Å². The van der Waals surface area contributed by atoms with Gasteiger partial charge in [0.15, 0.2) is 0 Å². The Morgan fingerprint density at radius 2 is 0.611 bits per heavy atom. The molecule has 28 heteroatoms. The van der Waals surface area contributed by atoms with Gasteiger partial charge in [-0.3, -0.25) is 0 Å². The van der Waals surface area contributed by atoms with Crippen LogP contribution >= 0.6 is 0 Å². The van der Waals surface area contributed by atoms with Crippen LogP contribution < -0.4 is 16.7 Å².